The molecule has 150 valence electrons. The van der Waals surface area contributed by atoms with Crippen LogP contribution in [-0.4, -0.2) is 69.6 Å². The molecule has 1 N–H and O–H groups in total. The smallest absolute Gasteiger partial charge is 0.230 e. The van der Waals surface area contributed by atoms with Gasteiger partial charge in [0.05, 0.1) is 11.7 Å². The summed E-state index contributed by atoms with van der Waals surface area (Å²) in [5.74, 6) is 0.142. The lowest BCUT2D eigenvalue weighted by molar-refractivity contribution is -0.127. The van der Waals surface area contributed by atoms with E-state index in [4.69, 9.17) is 0 Å². The Morgan fingerprint density at radius 1 is 1.19 bits per heavy atom. The Labute approximate surface area is 163 Å². The molecule has 7 heteroatoms. The van der Waals surface area contributed by atoms with Crippen LogP contribution in [0.3, 0.4) is 0 Å². The van der Waals surface area contributed by atoms with E-state index >= 15 is 0 Å². The van der Waals surface area contributed by atoms with E-state index in [-0.39, 0.29) is 17.9 Å². The van der Waals surface area contributed by atoms with Crippen molar-refractivity contribution in [2.24, 2.45) is 5.92 Å². The fraction of sp³-hybridized carbons (Fsp3) is 0.650. The van der Waals surface area contributed by atoms with E-state index in [9.17, 15) is 13.2 Å². The van der Waals surface area contributed by atoms with Gasteiger partial charge in [0.25, 0.3) is 0 Å². The van der Waals surface area contributed by atoms with Gasteiger partial charge in [-0.2, -0.15) is 4.31 Å². The number of nitrogens with one attached hydrogen (secondary N) is 1. The van der Waals surface area contributed by atoms with Crippen LogP contribution in [0.5, 0.6) is 0 Å². The molecule has 1 aliphatic carbocycles. The molecular formula is C20H31N3O3S. The van der Waals surface area contributed by atoms with Crippen LogP contribution in [0.4, 0.5) is 0 Å². The Morgan fingerprint density at radius 3 is 2.37 bits per heavy atom. The Balaban J connectivity index is 1.81. The van der Waals surface area contributed by atoms with Crippen molar-refractivity contribution in [2.45, 2.75) is 37.1 Å². The highest BCUT2D eigenvalue weighted by Crippen LogP contribution is 2.41. The minimum Gasteiger partial charge on any atom is -0.351 e. The number of sulfonamides is 1. The van der Waals surface area contributed by atoms with Crippen LogP contribution < -0.4 is 5.32 Å². The first-order valence-electron chi connectivity index (χ1n) is 9.69. The van der Waals surface area contributed by atoms with Crippen molar-refractivity contribution < 1.29 is 13.2 Å². The van der Waals surface area contributed by atoms with E-state index in [1.54, 1.807) is 0 Å². The number of hydrogen-bond donors (Lipinski definition) is 1. The second kappa shape index (κ2) is 7.89. The lowest BCUT2D eigenvalue weighted by atomic mass is 9.77. The largest absolute Gasteiger partial charge is 0.351 e. The highest BCUT2D eigenvalue weighted by atomic mass is 32.2. The lowest BCUT2D eigenvalue weighted by Crippen LogP contribution is -2.50. The molecule has 0 bridgehead atoms. The van der Waals surface area contributed by atoms with Gasteiger partial charge in [-0.3, -0.25) is 4.79 Å². The summed E-state index contributed by atoms with van der Waals surface area (Å²) in [4.78, 5) is 15.5. The number of rotatable bonds is 6. The third-order valence-electron chi connectivity index (χ3n) is 6.01. The molecule has 1 aromatic rings. The summed E-state index contributed by atoms with van der Waals surface area (Å²) in [6.45, 7) is 1.56. The van der Waals surface area contributed by atoms with E-state index in [1.165, 1.54) is 10.6 Å². The predicted molar refractivity (Wildman–Crippen MR) is 107 cm³/mol. The molecule has 2 aliphatic rings. The van der Waals surface area contributed by atoms with Crippen LogP contribution in [0.2, 0.25) is 0 Å². The fourth-order valence-electron chi connectivity index (χ4n) is 4.61. The molecular weight excluding hydrogens is 362 g/mol. The summed E-state index contributed by atoms with van der Waals surface area (Å²) in [6, 6.07) is 9.87. The summed E-state index contributed by atoms with van der Waals surface area (Å²) in [5, 5.41) is 3.25. The average molecular weight is 394 g/mol. The van der Waals surface area contributed by atoms with E-state index in [0.717, 1.165) is 37.8 Å². The maximum atomic E-state index is 13.4. The van der Waals surface area contributed by atoms with E-state index in [0.29, 0.717) is 13.1 Å². The molecule has 1 aliphatic heterocycles. The van der Waals surface area contributed by atoms with Crippen LogP contribution in [-0.2, 0) is 20.2 Å². The van der Waals surface area contributed by atoms with Gasteiger partial charge in [0.1, 0.15) is 0 Å². The first kappa shape index (κ1) is 20.3. The van der Waals surface area contributed by atoms with E-state index in [2.05, 4.69) is 10.2 Å². The van der Waals surface area contributed by atoms with Gasteiger partial charge >= 0.3 is 0 Å². The number of carbonyl (C=O) groups excluding carboxylic acids is 1. The first-order chi connectivity index (χ1) is 12.7. The Hall–Kier alpha value is -1.44. The Morgan fingerprint density at radius 2 is 1.81 bits per heavy atom. The second-order valence-corrected chi connectivity index (χ2v) is 10.3. The van der Waals surface area contributed by atoms with E-state index in [1.807, 2.05) is 44.4 Å². The molecule has 2 fully saturated rings. The van der Waals surface area contributed by atoms with Gasteiger partial charge in [0.2, 0.25) is 15.9 Å². The standard InChI is InChI=1S/C20H31N3O3S/c1-22(2)13-16-14-23(27(3,25)26)15-18(16)21-19(24)20(11-7-8-12-20)17-9-5-4-6-10-17/h4-6,9-10,16,18H,7-8,11-15H2,1-3H3,(H,21,24)/t16-,18-/m1/s1. The van der Waals surface area contributed by atoms with E-state index < -0.39 is 15.4 Å². The quantitative estimate of drug-likeness (QED) is 0.794. The highest BCUT2D eigenvalue weighted by Gasteiger charge is 2.45. The van der Waals surface area contributed by atoms with Crippen LogP contribution in [0.25, 0.3) is 0 Å². The molecule has 1 heterocycles. The van der Waals surface area contributed by atoms with Crippen molar-refractivity contribution in [3.05, 3.63) is 35.9 Å². The normalized spacial score (nSPS) is 25.8. The number of hydrogen-bond acceptors (Lipinski definition) is 4. The summed E-state index contributed by atoms with van der Waals surface area (Å²) in [7, 11) is 0.690. The monoisotopic (exact) mass is 393 g/mol. The van der Waals surface area contributed by atoms with Gasteiger partial charge in [-0.15, -0.1) is 0 Å². The number of amides is 1. The van der Waals surface area contributed by atoms with Gasteiger partial charge < -0.3 is 10.2 Å². The fourth-order valence-corrected chi connectivity index (χ4v) is 5.50. The lowest BCUT2D eigenvalue weighted by Gasteiger charge is -2.31. The molecule has 27 heavy (non-hydrogen) atoms. The molecule has 1 saturated heterocycles. The summed E-state index contributed by atoms with van der Waals surface area (Å²) in [5.41, 5.74) is 0.588. The molecule has 0 radical (unpaired) electrons. The zero-order chi connectivity index (χ0) is 19.7. The van der Waals surface area contributed by atoms with Gasteiger partial charge in [-0.25, -0.2) is 8.42 Å². The molecule has 3 rings (SSSR count). The molecule has 1 saturated carbocycles. The molecule has 0 unspecified atom stereocenters. The van der Waals surface area contributed by atoms with Crippen molar-refractivity contribution in [1.82, 2.24) is 14.5 Å². The number of carbonyl (C=O) groups is 1. The second-order valence-electron chi connectivity index (χ2n) is 8.34. The molecule has 0 aromatic heterocycles. The summed E-state index contributed by atoms with van der Waals surface area (Å²) in [6.07, 6.45) is 5.03. The molecule has 2 atom stereocenters. The van der Waals surface area contributed by atoms with Crippen LogP contribution in [0.15, 0.2) is 30.3 Å². The van der Waals surface area contributed by atoms with Gasteiger partial charge in [0.15, 0.2) is 0 Å². The van der Waals surface area contributed by atoms with Crippen molar-refractivity contribution in [3.63, 3.8) is 0 Å². The van der Waals surface area contributed by atoms with Crippen LogP contribution >= 0.6 is 0 Å². The highest BCUT2D eigenvalue weighted by molar-refractivity contribution is 7.88. The average Bonchev–Trinajstić information content (AvgIpc) is 3.23. The van der Waals surface area contributed by atoms with Crippen molar-refractivity contribution in [1.29, 1.82) is 0 Å². The number of nitrogens with zero attached hydrogens (tertiary/aromatic N) is 2. The maximum Gasteiger partial charge on any atom is 0.230 e. The van der Waals surface area contributed by atoms with Gasteiger partial charge in [-0.1, -0.05) is 43.2 Å². The molecule has 6 nitrogen and oxygen atoms in total. The zero-order valence-electron chi connectivity index (χ0n) is 16.5. The minimum atomic E-state index is -3.26. The van der Waals surface area contributed by atoms with Gasteiger partial charge in [0, 0.05) is 31.6 Å². The molecule has 1 aromatic carbocycles. The third kappa shape index (κ3) is 4.36. The van der Waals surface area contributed by atoms with Crippen LogP contribution in [0.1, 0.15) is 31.2 Å². The first-order valence-corrected chi connectivity index (χ1v) is 11.5. The molecule has 0 spiro atoms. The number of benzene rings is 1. The van der Waals surface area contributed by atoms with Gasteiger partial charge in [-0.05, 0) is 32.5 Å². The van der Waals surface area contributed by atoms with Crippen LogP contribution in [0, 0.1) is 5.92 Å². The zero-order valence-corrected chi connectivity index (χ0v) is 17.3. The Bertz CT molecular complexity index is 758. The predicted octanol–water partition coefficient (Wildman–Crippen LogP) is 1.44. The summed E-state index contributed by atoms with van der Waals surface area (Å²) >= 11 is 0. The van der Waals surface area contributed by atoms with Crippen molar-refractivity contribution in [2.75, 3.05) is 40.0 Å². The Kier molecular flexibility index (Phi) is 5.93. The molecule has 1 amide bonds. The topological polar surface area (TPSA) is 69.7 Å². The van der Waals surface area contributed by atoms with Crippen molar-refractivity contribution >= 4 is 15.9 Å². The SMILES string of the molecule is CN(C)C[C@@H]1CN(S(C)(=O)=O)C[C@H]1NC(=O)C1(c2ccccc2)CCCC1. The third-order valence-corrected chi connectivity index (χ3v) is 7.25. The van der Waals surface area contributed by atoms with Crippen molar-refractivity contribution in [3.8, 4) is 0 Å². The minimum absolute atomic E-state index is 0.0512. The maximum absolute atomic E-state index is 13.4. The summed E-state index contributed by atoms with van der Waals surface area (Å²) < 4.78 is 25.6.